The topological polar surface area (TPSA) is 43.4 Å². The fourth-order valence-electron chi connectivity index (χ4n) is 1.72. The second-order valence-electron chi connectivity index (χ2n) is 4.29. The monoisotopic (exact) mass is 310 g/mol. The van der Waals surface area contributed by atoms with Gasteiger partial charge in [0.15, 0.2) is 9.84 Å². The molecule has 0 amide bonds. The molecule has 0 bridgehead atoms. The molecule has 3 nitrogen and oxygen atoms in total. The zero-order valence-electron chi connectivity index (χ0n) is 10.8. The SMILES string of the molecule is O=S(=O)(CCCOc1ccc(Cl)cc1)c1ccccc1. The number of hydrogen-bond donors (Lipinski definition) is 0. The molecule has 0 aliphatic carbocycles. The third-order valence-corrected chi connectivity index (χ3v) is 4.81. The van der Waals surface area contributed by atoms with Crippen molar-refractivity contribution in [2.24, 2.45) is 0 Å². The third kappa shape index (κ3) is 4.25. The molecule has 5 heteroatoms. The Morgan fingerprint density at radius 2 is 1.60 bits per heavy atom. The zero-order valence-corrected chi connectivity index (χ0v) is 12.4. The van der Waals surface area contributed by atoms with Crippen LogP contribution in [0, 0.1) is 0 Å². The molecule has 0 fully saturated rings. The minimum atomic E-state index is -3.22. The van der Waals surface area contributed by atoms with E-state index in [1.807, 2.05) is 0 Å². The quantitative estimate of drug-likeness (QED) is 0.766. The van der Waals surface area contributed by atoms with Crippen LogP contribution in [0.5, 0.6) is 5.75 Å². The van der Waals surface area contributed by atoms with E-state index in [0.29, 0.717) is 28.7 Å². The Labute approximate surface area is 124 Å². The van der Waals surface area contributed by atoms with E-state index in [1.54, 1.807) is 54.6 Å². The fraction of sp³-hybridized carbons (Fsp3) is 0.200. The van der Waals surface area contributed by atoms with E-state index in [1.165, 1.54) is 0 Å². The van der Waals surface area contributed by atoms with Gasteiger partial charge in [0.2, 0.25) is 0 Å². The lowest BCUT2D eigenvalue weighted by Crippen LogP contribution is -2.10. The summed E-state index contributed by atoms with van der Waals surface area (Å²) in [5, 5.41) is 0.643. The van der Waals surface area contributed by atoms with Crippen LogP contribution in [-0.2, 0) is 9.84 Å². The van der Waals surface area contributed by atoms with Crippen LogP contribution in [0.2, 0.25) is 5.02 Å². The third-order valence-electron chi connectivity index (χ3n) is 2.74. The van der Waals surface area contributed by atoms with Gasteiger partial charge in [-0.25, -0.2) is 8.42 Å². The van der Waals surface area contributed by atoms with Crippen molar-refractivity contribution in [2.45, 2.75) is 11.3 Å². The normalized spacial score (nSPS) is 11.2. The Kier molecular flexibility index (Phi) is 5.04. The number of rotatable bonds is 6. The second kappa shape index (κ2) is 6.77. The van der Waals surface area contributed by atoms with Gasteiger partial charge in [0.1, 0.15) is 5.75 Å². The van der Waals surface area contributed by atoms with Crippen molar-refractivity contribution in [3.05, 3.63) is 59.6 Å². The van der Waals surface area contributed by atoms with Crippen molar-refractivity contribution in [2.75, 3.05) is 12.4 Å². The highest BCUT2D eigenvalue weighted by Gasteiger charge is 2.13. The molecule has 2 aromatic rings. The van der Waals surface area contributed by atoms with Gasteiger partial charge in [-0.15, -0.1) is 0 Å². The first-order valence-electron chi connectivity index (χ1n) is 6.24. The second-order valence-corrected chi connectivity index (χ2v) is 6.83. The minimum absolute atomic E-state index is 0.0740. The smallest absolute Gasteiger partial charge is 0.178 e. The van der Waals surface area contributed by atoms with Crippen LogP contribution in [0.15, 0.2) is 59.5 Å². The van der Waals surface area contributed by atoms with E-state index >= 15 is 0 Å². The summed E-state index contributed by atoms with van der Waals surface area (Å²) in [5.74, 6) is 0.761. The summed E-state index contributed by atoms with van der Waals surface area (Å²) in [5.41, 5.74) is 0. The standard InChI is InChI=1S/C15H15ClO3S/c16-13-7-9-14(10-8-13)19-11-4-12-20(17,18)15-5-2-1-3-6-15/h1-3,5-10H,4,11-12H2. The van der Waals surface area contributed by atoms with Gasteiger partial charge in [0, 0.05) is 5.02 Å². The maximum absolute atomic E-state index is 12.0. The number of ether oxygens (including phenoxy) is 1. The summed E-state index contributed by atoms with van der Waals surface area (Å²) in [7, 11) is -3.22. The van der Waals surface area contributed by atoms with Crippen molar-refractivity contribution in [3.63, 3.8) is 0 Å². The molecule has 0 atom stereocenters. The molecule has 0 aromatic heterocycles. The van der Waals surface area contributed by atoms with Crippen molar-refractivity contribution in [3.8, 4) is 5.75 Å². The summed E-state index contributed by atoms with van der Waals surface area (Å²) < 4.78 is 29.5. The van der Waals surface area contributed by atoms with Crippen molar-refractivity contribution in [1.82, 2.24) is 0 Å². The maximum atomic E-state index is 12.0. The predicted molar refractivity (Wildman–Crippen MR) is 80.1 cm³/mol. The first-order valence-corrected chi connectivity index (χ1v) is 8.27. The highest BCUT2D eigenvalue weighted by atomic mass is 35.5. The predicted octanol–water partition coefficient (Wildman–Crippen LogP) is 3.58. The average Bonchev–Trinajstić information content (AvgIpc) is 2.46. The molecule has 2 rings (SSSR count). The number of sulfone groups is 1. The van der Waals surface area contributed by atoms with Crippen LogP contribution in [0.25, 0.3) is 0 Å². The summed E-state index contributed by atoms with van der Waals surface area (Å²) in [6.45, 7) is 0.355. The van der Waals surface area contributed by atoms with Gasteiger partial charge >= 0.3 is 0 Å². The molecule has 0 unspecified atom stereocenters. The van der Waals surface area contributed by atoms with Crippen LogP contribution in [-0.4, -0.2) is 20.8 Å². The Bertz CT molecular complexity index is 637. The molecule has 0 radical (unpaired) electrons. The molecular formula is C15H15ClO3S. The van der Waals surface area contributed by atoms with Crippen LogP contribution in [0.1, 0.15) is 6.42 Å². The van der Waals surface area contributed by atoms with Crippen LogP contribution >= 0.6 is 11.6 Å². The molecule has 0 heterocycles. The highest BCUT2D eigenvalue weighted by molar-refractivity contribution is 7.91. The molecular weight excluding hydrogens is 296 g/mol. The number of benzene rings is 2. The molecule has 2 aromatic carbocycles. The molecule has 0 saturated carbocycles. The fourth-order valence-corrected chi connectivity index (χ4v) is 3.15. The Morgan fingerprint density at radius 1 is 0.950 bits per heavy atom. The van der Waals surface area contributed by atoms with Gasteiger partial charge < -0.3 is 4.74 Å². The van der Waals surface area contributed by atoms with Gasteiger partial charge in [-0.2, -0.15) is 0 Å². The first kappa shape index (κ1) is 14.9. The largest absolute Gasteiger partial charge is 0.494 e. The maximum Gasteiger partial charge on any atom is 0.178 e. The van der Waals surface area contributed by atoms with E-state index in [-0.39, 0.29) is 5.75 Å². The van der Waals surface area contributed by atoms with E-state index < -0.39 is 9.84 Å². The lowest BCUT2D eigenvalue weighted by molar-refractivity contribution is 0.317. The van der Waals surface area contributed by atoms with Crippen molar-refractivity contribution in [1.29, 1.82) is 0 Å². The summed E-state index contributed by atoms with van der Waals surface area (Å²) in [4.78, 5) is 0.353. The average molecular weight is 311 g/mol. The molecule has 20 heavy (non-hydrogen) atoms. The van der Waals surface area contributed by atoms with E-state index in [4.69, 9.17) is 16.3 Å². The van der Waals surface area contributed by atoms with Gasteiger partial charge in [-0.05, 0) is 42.8 Å². The van der Waals surface area contributed by atoms with E-state index in [2.05, 4.69) is 0 Å². The molecule has 0 saturated heterocycles. The Hall–Kier alpha value is -1.52. The molecule has 0 aliphatic rings. The minimum Gasteiger partial charge on any atom is -0.494 e. The molecule has 106 valence electrons. The van der Waals surface area contributed by atoms with Gasteiger partial charge in [0.05, 0.1) is 17.3 Å². The lowest BCUT2D eigenvalue weighted by atomic mass is 10.3. The van der Waals surface area contributed by atoms with Crippen LogP contribution in [0.3, 0.4) is 0 Å². The van der Waals surface area contributed by atoms with Gasteiger partial charge in [0.25, 0.3) is 0 Å². The number of hydrogen-bond acceptors (Lipinski definition) is 3. The highest BCUT2D eigenvalue weighted by Crippen LogP contribution is 2.16. The van der Waals surface area contributed by atoms with Crippen LogP contribution < -0.4 is 4.74 Å². The Morgan fingerprint density at radius 3 is 2.25 bits per heavy atom. The van der Waals surface area contributed by atoms with Gasteiger partial charge in [-0.1, -0.05) is 29.8 Å². The lowest BCUT2D eigenvalue weighted by Gasteiger charge is -2.07. The first-order chi connectivity index (χ1) is 9.58. The molecule has 0 N–H and O–H groups in total. The summed E-state index contributed by atoms with van der Waals surface area (Å²) in [6.07, 6.45) is 0.444. The van der Waals surface area contributed by atoms with E-state index in [0.717, 1.165) is 0 Å². The van der Waals surface area contributed by atoms with Crippen LogP contribution in [0.4, 0.5) is 0 Å². The molecule has 0 aliphatic heterocycles. The molecule has 0 spiro atoms. The van der Waals surface area contributed by atoms with Crippen molar-refractivity contribution >= 4 is 21.4 Å². The Balaban J connectivity index is 1.83. The summed E-state index contributed by atoms with van der Waals surface area (Å²) >= 11 is 5.77. The van der Waals surface area contributed by atoms with Gasteiger partial charge in [-0.3, -0.25) is 0 Å². The zero-order chi connectivity index (χ0) is 14.4. The van der Waals surface area contributed by atoms with E-state index in [9.17, 15) is 8.42 Å². The van der Waals surface area contributed by atoms with Crippen molar-refractivity contribution < 1.29 is 13.2 Å². The summed E-state index contributed by atoms with van der Waals surface area (Å²) in [6, 6.07) is 15.4. The number of halogens is 1.